The van der Waals surface area contributed by atoms with Crippen LogP contribution in [0, 0.1) is 0 Å². The third-order valence-corrected chi connectivity index (χ3v) is 7.30. The van der Waals surface area contributed by atoms with E-state index in [1.165, 1.54) is 15.6 Å². The number of hydrogen-bond donors (Lipinski definition) is 0. The predicted octanol–water partition coefficient (Wildman–Crippen LogP) is 3.16. The van der Waals surface area contributed by atoms with Gasteiger partial charge in [-0.1, -0.05) is 11.2 Å². The molecule has 10 nitrogen and oxygen atoms in total. The first-order chi connectivity index (χ1) is 16.3. The van der Waals surface area contributed by atoms with Gasteiger partial charge in [-0.3, -0.25) is 9.10 Å². The van der Waals surface area contributed by atoms with E-state index >= 15 is 0 Å². The molecule has 0 saturated carbocycles. The van der Waals surface area contributed by atoms with Crippen molar-refractivity contribution in [3.63, 3.8) is 0 Å². The lowest BCUT2D eigenvalue weighted by Gasteiger charge is -2.25. The van der Waals surface area contributed by atoms with E-state index < -0.39 is 10.0 Å². The number of ether oxygens (including phenoxy) is 2. The van der Waals surface area contributed by atoms with E-state index in [2.05, 4.69) is 10.1 Å². The zero-order chi connectivity index (χ0) is 24.1. The SMILES string of the molecule is CCN(Cc1nc(-c2cccs2)no1)C(=O)CCCN(c1ccc2c(c1)OCCO2)S(C)(=O)=O. The van der Waals surface area contributed by atoms with Crippen LogP contribution in [0.25, 0.3) is 10.7 Å². The number of sulfonamides is 1. The molecule has 0 N–H and O–H groups in total. The summed E-state index contributed by atoms with van der Waals surface area (Å²) < 4.78 is 42.5. The normalized spacial score (nSPS) is 13.0. The Morgan fingerprint density at radius 2 is 1.97 bits per heavy atom. The molecule has 34 heavy (non-hydrogen) atoms. The molecule has 0 fully saturated rings. The minimum Gasteiger partial charge on any atom is -0.486 e. The van der Waals surface area contributed by atoms with E-state index in [0.29, 0.717) is 55.1 Å². The van der Waals surface area contributed by atoms with Crippen LogP contribution in [0.2, 0.25) is 0 Å². The Kier molecular flexibility index (Phi) is 7.37. The molecule has 2 aromatic heterocycles. The molecule has 4 rings (SSSR count). The largest absolute Gasteiger partial charge is 0.486 e. The van der Waals surface area contributed by atoms with Crippen molar-refractivity contribution in [2.24, 2.45) is 0 Å². The van der Waals surface area contributed by atoms with Crippen LogP contribution in [0.3, 0.4) is 0 Å². The average molecular weight is 507 g/mol. The van der Waals surface area contributed by atoms with Crippen LogP contribution in [-0.4, -0.2) is 61.9 Å². The van der Waals surface area contributed by atoms with Gasteiger partial charge in [0.2, 0.25) is 27.6 Å². The maximum atomic E-state index is 12.8. The van der Waals surface area contributed by atoms with Crippen LogP contribution in [0.4, 0.5) is 5.69 Å². The Balaban J connectivity index is 1.36. The second kappa shape index (κ2) is 10.4. The molecule has 0 radical (unpaired) electrons. The maximum absolute atomic E-state index is 12.8. The first-order valence-electron chi connectivity index (χ1n) is 10.9. The lowest BCUT2D eigenvalue weighted by Crippen LogP contribution is -2.33. The molecular weight excluding hydrogens is 480 g/mol. The first kappa shape index (κ1) is 24.0. The van der Waals surface area contributed by atoms with Crippen molar-refractivity contribution in [1.82, 2.24) is 15.0 Å². The molecule has 0 aliphatic carbocycles. The van der Waals surface area contributed by atoms with Crippen molar-refractivity contribution in [1.29, 1.82) is 0 Å². The summed E-state index contributed by atoms with van der Waals surface area (Å²) in [7, 11) is -3.56. The maximum Gasteiger partial charge on any atom is 0.246 e. The summed E-state index contributed by atoms with van der Waals surface area (Å²) in [5.41, 5.74) is 0.471. The van der Waals surface area contributed by atoms with Crippen molar-refractivity contribution in [2.45, 2.75) is 26.3 Å². The van der Waals surface area contributed by atoms with Crippen molar-refractivity contribution in [3.05, 3.63) is 41.6 Å². The number of benzene rings is 1. The molecule has 0 unspecified atom stereocenters. The van der Waals surface area contributed by atoms with Gasteiger partial charge in [-0.2, -0.15) is 4.98 Å². The van der Waals surface area contributed by atoms with Gasteiger partial charge in [0.05, 0.1) is 23.4 Å². The van der Waals surface area contributed by atoms with Crippen molar-refractivity contribution >= 4 is 33.0 Å². The zero-order valence-corrected chi connectivity index (χ0v) is 20.6. The summed E-state index contributed by atoms with van der Waals surface area (Å²) in [5.74, 6) is 1.82. The smallest absolute Gasteiger partial charge is 0.246 e. The van der Waals surface area contributed by atoms with Gasteiger partial charge < -0.3 is 18.9 Å². The summed E-state index contributed by atoms with van der Waals surface area (Å²) in [5, 5.41) is 5.90. The first-order valence-corrected chi connectivity index (χ1v) is 13.6. The minimum atomic E-state index is -3.56. The standard InChI is InChI=1S/C22H26N4O6S2/c1-3-25(15-20-23-22(24-32-20)19-6-5-13-33-19)21(27)7-4-10-26(34(2,28)29)16-8-9-17-18(14-16)31-12-11-30-17/h5-6,8-9,13-14H,3-4,7,10-12,15H2,1-2H3. The highest BCUT2D eigenvalue weighted by molar-refractivity contribution is 7.92. The Bertz CT molecular complexity index is 1230. The number of nitrogens with zero attached hydrogens (tertiary/aromatic N) is 4. The van der Waals surface area contributed by atoms with Crippen LogP contribution < -0.4 is 13.8 Å². The van der Waals surface area contributed by atoms with Crippen LogP contribution in [-0.2, 0) is 21.4 Å². The number of carbonyl (C=O) groups is 1. The molecule has 182 valence electrons. The molecule has 12 heteroatoms. The van der Waals surface area contributed by atoms with Crippen molar-refractivity contribution < 1.29 is 27.2 Å². The van der Waals surface area contributed by atoms with Crippen molar-refractivity contribution in [2.75, 3.05) is 36.9 Å². The minimum absolute atomic E-state index is 0.117. The fourth-order valence-electron chi connectivity index (χ4n) is 3.57. The Labute approximate surface area is 202 Å². The van der Waals surface area contributed by atoms with E-state index in [1.807, 2.05) is 24.4 Å². The molecule has 0 bridgehead atoms. The van der Waals surface area contributed by atoms with Gasteiger partial charge in [0.1, 0.15) is 13.2 Å². The van der Waals surface area contributed by atoms with E-state index in [0.717, 1.165) is 11.1 Å². The van der Waals surface area contributed by atoms with Crippen molar-refractivity contribution in [3.8, 4) is 22.2 Å². The number of carbonyl (C=O) groups excluding carboxylic acids is 1. The summed E-state index contributed by atoms with van der Waals surface area (Å²) in [6.07, 6.45) is 1.67. The summed E-state index contributed by atoms with van der Waals surface area (Å²) >= 11 is 1.51. The highest BCUT2D eigenvalue weighted by Crippen LogP contribution is 2.34. The number of aromatic nitrogens is 2. The number of rotatable bonds is 10. The molecule has 0 atom stereocenters. The number of amides is 1. The summed E-state index contributed by atoms with van der Waals surface area (Å²) in [4.78, 5) is 19.7. The van der Waals surface area contributed by atoms with Gasteiger partial charge in [-0.05, 0) is 36.9 Å². The molecule has 1 aliphatic heterocycles. The van der Waals surface area contributed by atoms with E-state index in [9.17, 15) is 13.2 Å². The van der Waals surface area contributed by atoms with Gasteiger partial charge in [-0.15, -0.1) is 11.3 Å². The fourth-order valence-corrected chi connectivity index (χ4v) is 5.18. The molecule has 0 spiro atoms. The predicted molar refractivity (Wildman–Crippen MR) is 128 cm³/mol. The number of thiophene rings is 1. The van der Waals surface area contributed by atoms with Gasteiger partial charge in [0.15, 0.2) is 11.5 Å². The van der Waals surface area contributed by atoms with E-state index in [4.69, 9.17) is 14.0 Å². The molecule has 3 heterocycles. The lowest BCUT2D eigenvalue weighted by molar-refractivity contribution is -0.132. The summed E-state index contributed by atoms with van der Waals surface area (Å²) in [6, 6.07) is 8.83. The zero-order valence-electron chi connectivity index (χ0n) is 19.0. The van der Waals surface area contributed by atoms with Crippen LogP contribution >= 0.6 is 11.3 Å². The Hall–Kier alpha value is -3.12. The lowest BCUT2D eigenvalue weighted by atomic mass is 10.2. The van der Waals surface area contributed by atoms with Crippen LogP contribution in [0.5, 0.6) is 11.5 Å². The van der Waals surface area contributed by atoms with Gasteiger partial charge in [0, 0.05) is 25.6 Å². The number of anilines is 1. The molecule has 0 saturated heterocycles. The highest BCUT2D eigenvalue weighted by Gasteiger charge is 2.22. The van der Waals surface area contributed by atoms with Crippen LogP contribution in [0.15, 0.2) is 40.2 Å². The molecular formula is C22H26N4O6S2. The monoisotopic (exact) mass is 506 g/mol. The molecule has 1 amide bonds. The molecule has 1 aliphatic rings. The quantitative estimate of drug-likeness (QED) is 0.412. The fraction of sp³-hybridized carbons (Fsp3) is 0.409. The molecule has 3 aromatic rings. The third kappa shape index (κ3) is 5.68. The summed E-state index contributed by atoms with van der Waals surface area (Å²) in [6.45, 7) is 3.55. The number of fused-ring (bicyclic) bond motifs is 1. The highest BCUT2D eigenvalue weighted by atomic mass is 32.2. The topological polar surface area (TPSA) is 115 Å². The number of hydrogen-bond acceptors (Lipinski definition) is 9. The van der Waals surface area contributed by atoms with Crippen LogP contribution in [0.1, 0.15) is 25.7 Å². The van der Waals surface area contributed by atoms with E-state index in [-0.39, 0.29) is 25.4 Å². The van der Waals surface area contributed by atoms with Gasteiger partial charge in [0.25, 0.3) is 0 Å². The van der Waals surface area contributed by atoms with E-state index in [1.54, 1.807) is 23.1 Å². The van der Waals surface area contributed by atoms with Gasteiger partial charge >= 0.3 is 0 Å². The second-order valence-corrected chi connectivity index (χ2v) is 10.5. The average Bonchev–Trinajstić information content (AvgIpc) is 3.51. The Morgan fingerprint density at radius 3 is 2.68 bits per heavy atom. The Morgan fingerprint density at radius 1 is 1.18 bits per heavy atom. The van der Waals surface area contributed by atoms with Gasteiger partial charge in [-0.25, -0.2) is 8.42 Å². The third-order valence-electron chi connectivity index (χ3n) is 5.24. The second-order valence-electron chi connectivity index (χ2n) is 7.66. The molecule has 1 aromatic carbocycles.